The average Bonchev–Trinajstić information content (AvgIpc) is 3.08. The number of aromatic nitrogens is 2. The summed E-state index contributed by atoms with van der Waals surface area (Å²) in [7, 11) is 0. The van der Waals surface area contributed by atoms with E-state index in [2.05, 4.69) is 35.8 Å². The predicted molar refractivity (Wildman–Crippen MR) is 72.2 cm³/mol. The van der Waals surface area contributed by atoms with Gasteiger partial charge in [0.25, 0.3) is 0 Å². The first-order valence-corrected chi connectivity index (χ1v) is 7.45. The van der Waals surface area contributed by atoms with Crippen LogP contribution in [-0.2, 0) is 9.47 Å². The van der Waals surface area contributed by atoms with Crippen molar-refractivity contribution in [2.45, 2.75) is 51.4 Å². The Morgan fingerprint density at radius 2 is 1.75 bits per heavy atom. The highest BCUT2D eigenvalue weighted by Crippen LogP contribution is 2.34. The lowest BCUT2D eigenvalue weighted by molar-refractivity contribution is -0.188. The normalized spacial score (nSPS) is 24.6. The Balaban J connectivity index is 1.62. The summed E-state index contributed by atoms with van der Waals surface area (Å²) in [5.41, 5.74) is 0. The molecule has 2 aliphatic heterocycles. The van der Waals surface area contributed by atoms with Crippen LogP contribution >= 0.6 is 0 Å². The summed E-state index contributed by atoms with van der Waals surface area (Å²) < 4.78 is 16.9. The van der Waals surface area contributed by atoms with Crippen LogP contribution in [0.15, 0.2) is 4.52 Å². The second-order valence-corrected chi connectivity index (χ2v) is 5.97. The predicted octanol–water partition coefficient (Wildman–Crippen LogP) is 2.09. The minimum Gasteiger partial charge on any atom is -0.347 e. The van der Waals surface area contributed by atoms with Crippen LogP contribution in [0.2, 0.25) is 0 Å². The largest absolute Gasteiger partial charge is 0.347 e. The van der Waals surface area contributed by atoms with Crippen LogP contribution in [0.5, 0.6) is 0 Å². The molecule has 112 valence electrons. The first-order chi connectivity index (χ1) is 9.60. The zero-order valence-electron chi connectivity index (χ0n) is 12.5. The van der Waals surface area contributed by atoms with Crippen LogP contribution in [-0.4, -0.2) is 47.1 Å². The van der Waals surface area contributed by atoms with Crippen molar-refractivity contribution in [2.75, 3.05) is 26.3 Å². The molecule has 1 aromatic heterocycles. The van der Waals surface area contributed by atoms with Crippen LogP contribution in [0.3, 0.4) is 0 Å². The molecule has 0 amide bonds. The fraction of sp³-hybridized carbons (Fsp3) is 0.857. The molecule has 1 unspecified atom stereocenters. The van der Waals surface area contributed by atoms with Crippen LogP contribution in [0.1, 0.15) is 57.3 Å². The van der Waals surface area contributed by atoms with Gasteiger partial charge in [-0.3, -0.25) is 4.90 Å². The van der Waals surface area contributed by atoms with E-state index < -0.39 is 0 Å². The zero-order chi connectivity index (χ0) is 14.2. The zero-order valence-corrected chi connectivity index (χ0v) is 12.5. The molecular formula is C14H23N3O3. The van der Waals surface area contributed by atoms with Crippen molar-refractivity contribution >= 4 is 0 Å². The third-order valence-electron chi connectivity index (χ3n) is 4.25. The highest BCUT2D eigenvalue weighted by atomic mass is 16.7. The molecule has 1 aromatic rings. The van der Waals surface area contributed by atoms with Crippen molar-refractivity contribution in [1.29, 1.82) is 0 Å². The van der Waals surface area contributed by atoms with E-state index in [-0.39, 0.29) is 11.8 Å². The Hall–Kier alpha value is -0.980. The summed E-state index contributed by atoms with van der Waals surface area (Å²) in [6.07, 6.45) is 1.81. The summed E-state index contributed by atoms with van der Waals surface area (Å²) in [6.45, 7) is 9.55. The average molecular weight is 281 g/mol. The fourth-order valence-corrected chi connectivity index (χ4v) is 2.85. The number of piperidine rings is 1. The SMILES string of the molecule is CC(C)c1noc(C(C)N2CCC3(CC2)OCCO3)n1. The molecule has 2 aliphatic rings. The van der Waals surface area contributed by atoms with Crippen LogP contribution < -0.4 is 0 Å². The topological polar surface area (TPSA) is 60.6 Å². The molecule has 0 bridgehead atoms. The van der Waals surface area contributed by atoms with Gasteiger partial charge in [-0.25, -0.2) is 0 Å². The monoisotopic (exact) mass is 281 g/mol. The molecule has 0 saturated carbocycles. The number of hydrogen-bond donors (Lipinski definition) is 0. The summed E-state index contributed by atoms with van der Waals surface area (Å²) in [5, 5.41) is 4.04. The Kier molecular flexibility index (Phi) is 3.79. The molecule has 1 atom stereocenters. The van der Waals surface area contributed by atoms with E-state index in [1.807, 2.05) is 0 Å². The summed E-state index contributed by atoms with van der Waals surface area (Å²) >= 11 is 0. The molecule has 6 nitrogen and oxygen atoms in total. The second-order valence-electron chi connectivity index (χ2n) is 5.97. The molecule has 0 N–H and O–H groups in total. The molecule has 3 rings (SSSR count). The van der Waals surface area contributed by atoms with Gasteiger partial charge in [0.2, 0.25) is 5.89 Å². The summed E-state index contributed by atoms with van der Waals surface area (Å²) in [4.78, 5) is 6.85. The van der Waals surface area contributed by atoms with Gasteiger partial charge in [-0.15, -0.1) is 0 Å². The number of likely N-dealkylation sites (tertiary alicyclic amines) is 1. The molecular weight excluding hydrogens is 258 g/mol. The third kappa shape index (κ3) is 2.60. The van der Waals surface area contributed by atoms with E-state index in [9.17, 15) is 0 Å². The maximum absolute atomic E-state index is 5.75. The van der Waals surface area contributed by atoms with Gasteiger partial charge >= 0.3 is 0 Å². The molecule has 20 heavy (non-hydrogen) atoms. The van der Waals surface area contributed by atoms with Crippen molar-refractivity contribution in [3.05, 3.63) is 11.7 Å². The van der Waals surface area contributed by atoms with Crippen molar-refractivity contribution < 1.29 is 14.0 Å². The van der Waals surface area contributed by atoms with E-state index in [1.54, 1.807) is 0 Å². The third-order valence-corrected chi connectivity index (χ3v) is 4.25. The highest BCUT2D eigenvalue weighted by molar-refractivity contribution is 4.97. The summed E-state index contributed by atoms with van der Waals surface area (Å²) in [6, 6.07) is 0.147. The first-order valence-electron chi connectivity index (χ1n) is 7.45. The quantitative estimate of drug-likeness (QED) is 0.845. The van der Waals surface area contributed by atoms with Gasteiger partial charge in [0, 0.05) is 31.8 Å². The molecule has 0 radical (unpaired) electrons. The molecule has 1 spiro atoms. The smallest absolute Gasteiger partial charge is 0.243 e. The Morgan fingerprint density at radius 3 is 2.30 bits per heavy atom. The van der Waals surface area contributed by atoms with Gasteiger partial charge in [-0.2, -0.15) is 4.98 Å². The molecule has 0 aromatic carbocycles. The minimum atomic E-state index is -0.325. The van der Waals surface area contributed by atoms with Crippen LogP contribution in [0.4, 0.5) is 0 Å². The maximum atomic E-state index is 5.75. The second kappa shape index (κ2) is 5.42. The number of hydrogen-bond acceptors (Lipinski definition) is 6. The van der Waals surface area contributed by atoms with Gasteiger partial charge in [-0.1, -0.05) is 19.0 Å². The van der Waals surface area contributed by atoms with E-state index in [0.717, 1.165) is 45.0 Å². The lowest BCUT2D eigenvalue weighted by Gasteiger charge is -2.39. The van der Waals surface area contributed by atoms with Crippen molar-refractivity contribution in [1.82, 2.24) is 15.0 Å². The van der Waals surface area contributed by atoms with Gasteiger partial charge in [0.05, 0.1) is 19.3 Å². The lowest BCUT2D eigenvalue weighted by atomic mass is 10.0. The van der Waals surface area contributed by atoms with Crippen molar-refractivity contribution in [3.8, 4) is 0 Å². The maximum Gasteiger partial charge on any atom is 0.243 e. The van der Waals surface area contributed by atoms with E-state index in [4.69, 9.17) is 14.0 Å². The molecule has 3 heterocycles. The summed E-state index contributed by atoms with van der Waals surface area (Å²) in [5.74, 6) is 1.46. The highest BCUT2D eigenvalue weighted by Gasteiger charge is 2.41. The number of rotatable bonds is 3. The Morgan fingerprint density at radius 1 is 1.10 bits per heavy atom. The van der Waals surface area contributed by atoms with Gasteiger partial charge in [-0.05, 0) is 6.92 Å². The standard InChI is InChI=1S/C14H23N3O3/c1-10(2)12-15-13(20-16-12)11(3)17-6-4-14(5-7-17)18-8-9-19-14/h10-11H,4-9H2,1-3H3. The molecule has 0 aliphatic carbocycles. The lowest BCUT2D eigenvalue weighted by Crippen LogP contribution is -2.45. The Labute approximate surface area is 119 Å². The molecule has 2 fully saturated rings. The van der Waals surface area contributed by atoms with E-state index in [1.165, 1.54) is 0 Å². The first kappa shape index (κ1) is 14.0. The van der Waals surface area contributed by atoms with Crippen molar-refractivity contribution in [3.63, 3.8) is 0 Å². The van der Waals surface area contributed by atoms with Gasteiger partial charge < -0.3 is 14.0 Å². The van der Waals surface area contributed by atoms with Gasteiger partial charge in [0.15, 0.2) is 11.6 Å². The van der Waals surface area contributed by atoms with E-state index >= 15 is 0 Å². The molecule has 6 heteroatoms. The number of ether oxygens (including phenoxy) is 2. The molecule has 2 saturated heterocycles. The van der Waals surface area contributed by atoms with Crippen LogP contribution in [0, 0.1) is 0 Å². The van der Waals surface area contributed by atoms with Gasteiger partial charge in [0.1, 0.15) is 0 Å². The van der Waals surface area contributed by atoms with E-state index in [0.29, 0.717) is 11.8 Å². The Bertz CT molecular complexity index is 444. The van der Waals surface area contributed by atoms with Crippen LogP contribution in [0.25, 0.3) is 0 Å². The van der Waals surface area contributed by atoms with Crippen molar-refractivity contribution in [2.24, 2.45) is 0 Å². The minimum absolute atomic E-state index is 0.147. The number of nitrogens with zero attached hydrogens (tertiary/aromatic N) is 3. The fourth-order valence-electron chi connectivity index (χ4n) is 2.85.